The van der Waals surface area contributed by atoms with Gasteiger partial charge in [0.1, 0.15) is 6.26 Å². The fourth-order valence-corrected chi connectivity index (χ4v) is 2.30. The van der Waals surface area contributed by atoms with E-state index >= 15 is 0 Å². The van der Waals surface area contributed by atoms with E-state index in [9.17, 15) is 9.90 Å². The molecule has 1 atom stereocenters. The fraction of sp³-hybridized carbons (Fsp3) is 0.467. The second kappa shape index (κ2) is 6.41. The zero-order valence-electron chi connectivity index (χ0n) is 12.4. The van der Waals surface area contributed by atoms with Crippen molar-refractivity contribution in [3.8, 4) is 10.8 Å². The molecule has 1 amide bonds. The largest absolute Gasteiger partial charge is 0.444 e. The predicted octanol–water partition coefficient (Wildman–Crippen LogP) is 2.47. The summed E-state index contributed by atoms with van der Waals surface area (Å²) in [6.45, 7) is 6.01. The number of nitrogens with one attached hydrogen (secondary N) is 1. The van der Waals surface area contributed by atoms with Crippen molar-refractivity contribution in [2.24, 2.45) is 5.41 Å². The van der Waals surface area contributed by atoms with Gasteiger partial charge in [-0.05, 0) is 16.9 Å². The first-order chi connectivity index (χ1) is 9.86. The molecule has 21 heavy (non-hydrogen) atoms. The van der Waals surface area contributed by atoms with Crippen LogP contribution in [0.15, 0.2) is 28.2 Å². The van der Waals surface area contributed by atoms with Gasteiger partial charge in [0.15, 0.2) is 0 Å². The van der Waals surface area contributed by atoms with Crippen LogP contribution in [0.4, 0.5) is 0 Å². The molecule has 0 bridgehead atoms. The van der Waals surface area contributed by atoms with Gasteiger partial charge < -0.3 is 14.8 Å². The summed E-state index contributed by atoms with van der Waals surface area (Å²) < 4.78 is 5.36. The maximum atomic E-state index is 11.8. The topological polar surface area (TPSA) is 75.4 Å². The molecule has 0 aliphatic rings. The molecule has 0 aromatic carbocycles. The highest BCUT2D eigenvalue weighted by Gasteiger charge is 2.22. The standard InChI is InChI=1S/C15H20N2O3S/c1-15(2,3)12(18)8-16-13(19)7-10-9-20-14(17-10)11-5-4-6-21-11/h4-6,9,12,18H,7-8H2,1-3H3,(H,16,19). The van der Waals surface area contributed by atoms with Gasteiger partial charge in [-0.25, -0.2) is 4.98 Å². The highest BCUT2D eigenvalue weighted by atomic mass is 32.1. The van der Waals surface area contributed by atoms with Gasteiger partial charge in [0, 0.05) is 6.54 Å². The fourth-order valence-electron chi connectivity index (χ4n) is 1.65. The summed E-state index contributed by atoms with van der Waals surface area (Å²) in [6, 6.07) is 3.84. The number of hydrogen-bond acceptors (Lipinski definition) is 5. The molecule has 0 aliphatic carbocycles. The van der Waals surface area contributed by atoms with Crippen LogP contribution in [0, 0.1) is 5.41 Å². The number of aliphatic hydroxyl groups excluding tert-OH is 1. The van der Waals surface area contributed by atoms with Crippen molar-refractivity contribution in [2.45, 2.75) is 33.3 Å². The lowest BCUT2D eigenvalue weighted by atomic mass is 9.89. The first-order valence-electron chi connectivity index (χ1n) is 6.79. The predicted molar refractivity (Wildman–Crippen MR) is 82.0 cm³/mol. The molecule has 1 unspecified atom stereocenters. The number of nitrogens with zero attached hydrogens (tertiary/aromatic N) is 1. The number of oxazole rings is 1. The Morgan fingerprint density at radius 3 is 2.90 bits per heavy atom. The lowest BCUT2D eigenvalue weighted by Crippen LogP contribution is -2.39. The van der Waals surface area contributed by atoms with Crippen molar-refractivity contribution in [2.75, 3.05) is 6.54 Å². The van der Waals surface area contributed by atoms with E-state index in [1.807, 2.05) is 38.3 Å². The van der Waals surface area contributed by atoms with Crippen LogP contribution in [0.5, 0.6) is 0 Å². The van der Waals surface area contributed by atoms with Crippen LogP contribution >= 0.6 is 11.3 Å². The lowest BCUT2D eigenvalue weighted by Gasteiger charge is -2.25. The van der Waals surface area contributed by atoms with E-state index in [0.717, 1.165) is 4.88 Å². The van der Waals surface area contributed by atoms with Crippen molar-refractivity contribution in [1.82, 2.24) is 10.3 Å². The van der Waals surface area contributed by atoms with Gasteiger partial charge in [0.05, 0.1) is 23.1 Å². The van der Waals surface area contributed by atoms with E-state index in [2.05, 4.69) is 10.3 Å². The van der Waals surface area contributed by atoms with E-state index in [-0.39, 0.29) is 24.3 Å². The number of rotatable bonds is 5. The highest BCUT2D eigenvalue weighted by Crippen LogP contribution is 2.23. The van der Waals surface area contributed by atoms with E-state index < -0.39 is 6.10 Å². The molecule has 6 heteroatoms. The van der Waals surface area contributed by atoms with Crippen molar-refractivity contribution in [3.63, 3.8) is 0 Å². The van der Waals surface area contributed by atoms with Crippen molar-refractivity contribution in [1.29, 1.82) is 0 Å². The number of thiophene rings is 1. The minimum absolute atomic E-state index is 0.145. The van der Waals surface area contributed by atoms with Gasteiger partial charge >= 0.3 is 0 Å². The third kappa shape index (κ3) is 4.41. The van der Waals surface area contributed by atoms with E-state index in [1.165, 1.54) is 17.6 Å². The van der Waals surface area contributed by atoms with Crippen molar-refractivity contribution >= 4 is 17.2 Å². The van der Waals surface area contributed by atoms with Gasteiger partial charge in [0.25, 0.3) is 0 Å². The third-order valence-corrected chi connectivity index (χ3v) is 3.98. The summed E-state index contributed by atoms with van der Waals surface area (Å²) in [5.74, 6) is 0.354. The molecule has 0 saturated heterocycles. The van der Waals surface area contributed by atoms with Gasteiger partial charge in [-0.15, -0.1) is 11.3 Å². The van der Waals surface area contributed by atoms with Crippen LogP contribution in [-0.2, 0) is 11.2 Å². The van der Waals surface area contributed by atoms with E-state index in [4.69, 9.17) is 4.42 Å². The second-order valence-corrected chi connectivity index (χ2v) is 6.93. The number of amides is 1. The maximum Gasteiger partial charge on any atom is 0.236 e. The summed E-state index contributed by atoms with van der Waals surface area (Å²) in [7, 11) is 0. The Hall–Kier alpha value is -1.66. The van der Waals surface area contributed by atoms with E-state index in [0.29, 0.717) is 11.6 Å². The number of aliphatic hydroxyl groups is 1. The number of hydrogen-bond donors (Lipinski definition) is 2. The van der Waals surface area contributed by atoms with Crippen LogP contribution < -0.4 is 5.32 Å². The molecule has 0 aliphatic heterocycles. The first-order valence-corrected chi connectivity index (χ1v) is 7.67. The zero-order chi connectivity index (χ0) is 15.5. The summed E-state index contributed by atoms with van der Waals surface area (Å²) in [4.78, 5) is 17.1. The Labute approximate surface area is 128 Å². The quantitative estimate of drug-likeness (QED) is 0.889. The average molecular weight is 308 g/mol. The Kier molecular flexibility index (Phi) is 4.80. The number of carbonyl (C=O) groups is 1. The van der Waals surface area contributed by atoms with Crippen LogP contribution in [0.25, 0.3) is 10.8 Å². The number of carbonyl (C=O) groups excluding carboxylic acids is 1. The Bertz CT molecular complexity index is 584. The minimum atomic E-state index is -0.583. The SMILES string of the molecule is CC(C)(C)C(O)CNC(=O)Cc1coc(-c2cccs2)n1. The molecule has 2 rings (SSSR count). The van der Waals surface area contributed by atoms with Gasteiger partial charge in [-0.3, -0.25) is 4.79 Å². The molecule has 0 fully saturated rings. The normalized spacial score (nSPS) is 13.1. The Morgan fingerprint density at radius 2 is 2.29 bits per heavy atom. The molecular formula is C15H20N2O3S. The molecule has 0 saturated carbocycles. The molecular weight excluding hydrogens is 288 g/mol. The summed E-state index contributed by atoms with van der Waals surface area (Å²) in [6.07, 6.45) is 1.06. The third-order valence-electron chi connectivity index (χ3n) is 3.12. The summed E-state index contributed by atoms with van der Waals surface area (Å²) in [5.41, 5.74) is 0.328. The molecule has 2 heterocycles. The van der Waals surface area contributed by atoms with Gasteiger partial charge in [-0.2, -0.15) is 0 Å². The molecule has 2 aromatic heterocycles. The van der Waals surface area contributed by atoms with Crippen LogP contribution in [0.1, 0.15) is 26.5 Å². The molecule has 5 nitrogen and oxygen atoms in total. The maximum absolute atomic E-state index is 11.8. The molecule has 2 N–H and O–H groups in total. The highest BCUT2D eigenvalue weighted by molar-refractivity contribution is 7.13. The lowest BCUT2D eigenvalue weighted by molar-refractivity contribution is -0.121. The van der Waals surface area contributed by atoms with Crippen LogP contribution in [0.3, 0.4) is 0 Å². The summed E-state index contributed by atoms with van der Waals surface area (Å²) in [5, 5.41) is 14.5. The van der Waals surface area contributed by atoms with Crippen molar-refractivity contribution in [3.05, 3.63) is 29.5 Å². The van der Waals surface area contributed by atoms with E-state index in [1.54, 1.807) is 0 Å². The van der Waals surface area contributed by atoms with Crippen molar-refractivity contribution < 1.29 is 14.3 Å². The van der Waals surface area contributed by atoms with Crippen LogP contribution in [-0.4, -0.2) is 28.6 Å². The monoisotopic (exact) mass is 308 g/mol. The van der Waals surface area contributed by atoms with Gasteiger partial charge in [0.2, 0.25) is 11.8 Å². The zero-order valence-corrected chi connectivity index (χ0v) is 13.2. The first kappa shape index (κ1) is 15.7. The smallest absolute Gasteiger partial charge is 0.236 e. The Balaban J connectivity index is 1.86. The number of aromatic nitrogens is 1. The minimum Gasteiger partial charge on any atom is -0.444 e. The molecule has 2 aromatic rings. The summed E-state index contributed by atoms with van der Waals surface area (Å²) >= 11 is 1.54. The second-order valence-electron chi connectivity index (χ2n) is 5.98. The molecule has 0 radical (unpaired) electrons. The molecule has 0 spiro atoms. The average Bonchev–Trinajstić information content (AvgIpc) is 3.04. The Morgan fingerprint density at radius 1 is 1.52 bits per heavy atom. The van der Waals surface area contributed by atoms with Gasteiger partial charge in [-0.1, -0.05) is 26.8 Å². The molecule has 114 valence electrons. The van der Waals surface area contributed by atoms with Crippen LogP contribution in [0.2, 0.25) is 0 Å².